The first-order valence-corrected chi connectivity index (χ1v) is 10.4. The van der Waals surface area contributed by atoms with Crippen LogP contribution in [0.3, 0.4) is 0 Å². The number of aromatic nitrogens is 3. The van der Waals surface area contributed by atoms with E-state index in [-0.39, 0.29) is 0 Å². The molecular weight excluding hydrogens is 419 g/mol. The second-order valence-electron chi connectivity index (χ2n) is 8.01. The number of nitrogens with two attached hydrogens (primary N) is 1. The number of nitrogens with one attached hydrogen (secondary N) is 2. The summed E-state index contributed by atoms with van der Waals surface area (Å²) in [5, 5.41) is 23.0. The molecule has 6 N–H and O–H groups in total. The summed E-state index contributed by atoms with van der Waals surface area (Å²) in [5.74, 6) is 0.627. The molecule has 4 rings (SSSR count). The Morgan fingerprint density at radius 3 is 2.67 bits per heavy atom. The van der Waals surface area contributed by atoms with Crippen molar-refractivity contribution in [2.75, 3.05) is 24.3 Å². The van der Waals surface area contributed by atoms with Crippen LogP contribution >= 0.6 is 0 Å². The SMILES string of the molecule is Cc1[nH]c2c(C(N)=O)cccc2c1-c1ncc(N(C)C)c(NCc2cccc(B(O)O)c2)n1. The molecule has 0 bridgehead atoms. The van der Waals surface area contributed by atoms with Gasteiger partial charge in [-0.15, -0.1) is 0 Å². The molecule has 0 aliphatic rings. The molecule has 0 atom stereocenters. The molecule has 2 aromatic carbocycles. The molecule has 168 valence electrons. The van der Waals surface area contributed by atoms with Crippen molar-refractivity contribution in [3.8, 4) is 11.4 Å². The number of para-hydroxylation sites is 1. The van der Waals surface area contributed by atoms with Crippen LogP contribution in [-0.2, 0) is 6.54 Å². The van der Waals surface area contributed by atoms with Crippen molar-refractivity contribution in [1.82, 2.24) is 15.0 Å². The minimum atomic E-state index is -1.52. The van der Waals surface area contributed by atoms with Gasteiger partial charge in [0.05, 0.1) is 23.0 Å². The molecule has 0 saturated heterocycles. The molecule has 0 aliphatic heterocycles. The highest BCUT2D eigenvalue weighted by atomic mass is 16.4. The van der Waals surface area contributed by atoms with Crippen LogP contribution in [-0.4, -0.2) is 52.1 Å². The first-order valence-electron chi connectivity index (χ1n) is 10.4. The molecule has 1 amide bonds. The van der Waals surface area contributed by atoms with Crippen LogP contribution in [0.15, 0.2) is 48.7 Å². The molecule has 10 heteroatoms. The van der Waals surface area contributed by atoms with E-state index in [1.165, 1.54) is 0 Å². The van der Waals surface area contributed by atoms with E-state index in [9.17, 15) is 14.8 Å². The summed E-state index contributed by atoms with van der Waals surface area (Å²) < 4.78 is 0. The Labute approximate surface area is 191 Å². The molecular formula is C23H25BN6O3. The van der Waals surface area contributed by atoms with Crippen molar-refractivity contribution in [2.24, 2.45) is 5.73 Å². The summed E-state index contributed by atoms with van der Waals surface area (Å²) in [6.45, 7) is 2.33. The standard InChI is InChI=1S/C23H25BN6O3/c1-13-19(16-8-5-9-17(21(25)31)20(16)28-13)23-27-12-18(30(2)3)22(29-23)26-11-14-6-4-7-15(10-14)24(32)33/h4-10,12,28,32-33H,11H2,1-3H3,(H2,25,31)(H,26,27,29). The van der Waals surface area contributed by atoms with Crippen molar-refractivity contribution in [3.05, 3.63) is 65.5 Å². The molecule has 2 heterocycles. The van der Waals surface area contributed by atoms with E-state index in [4.69, 9.17) is 10.7 Å². The zero-order chi connectivity index (χ0) is 23.7. The summed E-state index contributed by atoms with van der Waals surface area (Å²) in [6.07, 6.45) is 1.74. The number of carbonyl (C=O) groups excluding carboxylic acids is 1. The number of carbonyl (C=O) groups is 1. The summed E-state index contributed by atoms with van der Waals surface area (Å²) in [4.78, 5) is 26.4. The van der Waals surface area contributed by atoms with Crippen molar-refractivity contribution in [1.29, 1.82) is 0 Å². The van der Waals surface area contributed by atoms with Gasteiger partial charge >= 0.3 is 7.12 Å². The van der Waals surface area contributed by atoms with E-state index < -0.39 is 13.0 Å². The van der Waals surface area contributed by atoms with E-state index in [0.717, 1.165) is 27.9 Å². The number of nitrogens with zero attached hydrogens (tertiary/aromatic N) is 3. The molecule has 0 saturated carbocycles. The number of aryl methyl sites for hydroxylation is 1. The minimum absolute atomic E-state index is 0.413. The van der Waals surface area contributed by atoms with E-state index in [2.05, 4.69) is 15.3 Å². The van der Waals surface area contributed by atoms with Gasteiger partial charge < -0.3 is 31.0 Å². The van der Waals surface area contributed by atoms with Crippen molar-refractivity contribution in [3.63, 3.8) is 0 Å². The quantitative estimate of drug-likeness (QED) is 0.271. The van der Waals surface area contributed by atoms with Gasteiger partial charge in [-0.25, -0.2) is 9.97 Å². The van der Waals surface area contributed by atoms with Gasteiger partial charge in [-0.1, -0.05) is 36.4 Å². The Kier molecular flexibility index (Phi) is 6.04. The zero-order valence-electron chi connectivity index (χ0n) is 18.6. The topological polar surface area (TPSA) is 140 Å². The number of primary amides is 1. The highest BCUT2D eigenvalue weighted by Crippen LogP contribution is 2.33. The molecule has 9 nitrogen and oxygen atoms in total. The van der Waals surface area contributed by atoms with E-state index >= 15 is 0 Å². The summed E-state index contributed by atoms with van der Waals surface area (Å²) in [5.41, 5.74) is 10.3. The number of hydrogen-bond donors (Lipinski definition) is 5. The van der Waals surface area contributed by atoms with Gasteiger partial charge in [0.15, 0.2) is 11.6 Å². The number of fused-ring (bicyclic) bond motifs is 1. The minimum Gasteiger partial charge on any atom is -0.423 e. The van der Waals surface area contributed by atoms with E-state index in [0.29, 0.717) is 34.7 Å². The average molecular weight is 444 g/mol. The fourth-order valence-electron chi connectivity index (χ4n) is 3.84. The van der Waals surface area contributed by atoms with E-state index in [1.807, 2.05) is 38.1 Å². The Balaban J connectivity index is 1.74. The number of benzene rings is 2. The van der Waals surface area contributed by atoms with Crippen LogP contribution < -0.4 is 21.4 Å². The summed E-state index contributed by atoms with van der Waals surface area (Å²) >= 11 is 0. The Morgan fingerprint density at radius 2 is 1.97 bits per heavy atom. The maximum absolute atomic E-state index is 11.9. The maximum atomic E-state index is 11.9. The lowest BCUT2D eigenvalue weighted by Gasteiger charge is -2.18. The normalized spacial score (nSPS) is 10.9. The predicted octanol–water partition coefficient (Wildman–Crippen LogP) is 1.39. The number of amides is 1. The number of anilines is 2. The number of hydrogen-bond acceptors (Lipinski definition) is 7. The lowest BCUT2D eigenvalue weighted by Crippen LogP contribution is -2.30. The van der Waals surface area contributed by atoms with Gasteiger partial charge in [0.2, 0.25) is 0 Å². The van der Waals surface area contributed by atoms with Gasteiger partial charge in [0.1, 0.15) is 0 Å². The van der Waals surface area contributed by atoms with E-state index in [1.54, 1.807) is 36.5 Å². The fraction of sp³-hybridized carbons (Fsp3) is 0.174. The molecule has 0 unspecified atom stereocenters. The second kappa shape index (κ2) is 8.93. The smallest absolute Gasteiger partial charge is 0.423 e. The number of H-pyrrole nitrogens is 1. The molecule has 0 spiro atoms. The summed E-state index contributed by atoms with van der Waals surface area (Å²) in [7, 11) is 2.29. The van der Waals surface area contributed by atoms with Gasteiger partial charge in [0.25, 0.3) is 5.91 Å². The third kappa shape index (κ3) is 4.39. The van der Waals surface area contributed by atoms with Crippen LogP contribution in [0.1, 0.15) is 21.6 Å². The average Bonchev–Trinajstić information content (AvgIpc) is 3.13. The first kappa shape index (κ1) is 22.3. The highest BCUT2D eigenvalue weighted by molar-refractivity contribution is 6.58. The summed E-state index contributed by atoms with van der Waals surface area (Å²) in [6, 6.07) is 12.4. The number of aromatic amines is 1. The lowest BCUT2D eigenvalue weighted by molar-refractivity contribution is 0.100. The van der Waals surface area contributed by atoms with Gasteiger partial charge in [-0.2, -0.15) is 0 Å². The Morgan fingerprint density at radius 1 is 1.21 bits per heavy atom. The molecule has 0 aliphatic carbocycles. The molecule has 0 fully saturated rings. The third-order valence-corrected chi connectivity index (χ3v) is 5.47. The molecule has 2 aromatic heterocycles. The molecule has 4 aromatic rings. The van der Waals surface area contributed by atoms with Crippen LogP contribution in [0.25, 0.3) is 22.3 Å². The lowest BCUT2D eigenvalue weighted by atomic mass is 9.80. The van der Waals surface area contributed by atoms with Crippen LogP contribution in [0.5, 0.6) is 0 Å². The van der Waals surface area contributed by atoms with Gasteiger partial charge in [-0.3, -0.25) is 4.79 Å². The van der Waals surface area contributed by atoms with Crippen molar-refractivity contribution >= 4 is 40.9 Å². The molecule has 0 radical (unpaired) electrons. The zero-order valence-corrected chi connectivity index (χ0v) is 18.6. The van der Waals surface area contributed by atoms with Gasteiger partial charge in [-0.05, 0) is 24.0 Å². The second-order valence-corrected chi connectivity index (χ2v) is 8.01. The fourth-order valence-corrected chi connectivity index (χ4v) is 3.84. The Hall–Kier alpha value is -3.89. The van der Waals surface area contributed by atoms with Crippen LogP contribution in [0.4, 0.5) is 11.5 Å². The monoisotopic (exact) mass is 444 g/mol. The predicted molar refractivity (Wildman–Crippen MR) is 131 cm³/mol. The van der Waals surface area contributed by atoms with Crippen molar-refractivity contribution < 1.29 is 14.8 Å². The van der Waals surface area contributed by atoms with Crippen LogP contribution in [0.2, 0.25) is 0 Å². The van der Waals surface area contributed by atoms with Crippen molar-refractivity contribution in [2.45, 2.75) is 13.5 Å². The maximum Gasteiger partial charge on any atom is 0.488 e. The largest absolute Gasteiger partial charge is 0.488 e. The number of rotatable bonds is 7. The third-order valence-electron chi connectivity index (χ3n) is 5.47. The molecule has 33 heavy (non-hydrogen) atoms. The Bertz CT molecular complexity index is 1340. The first-order chi connectivity index (χ1) is 15.8. The van der Waals surface area contributed by atoms with Gasteiger partial charge in [0, 0.05) is 37.3 Å². The highest BCUT2D eigenvalue weighted by Gasteiger charge is 2.19. The van der Waals surface area contributed by atoms with Crippen LogP contribution in [0, 0.1) is 6.92 Å².